The zero-order valence-corrected chi connectivity index (χ0v) is 16.6. The predicted octanol–water partition coefficient (Wildman–Crippen LogP) is 4.13. The molecule has 0 unspecified atom stereocenters. The van der Waals surface area contributed by atoms with Gasteiger partial charge in [0.25, 0.3) is 0 Å². The smallest absolute Gasteiger partial charge is 0.410 e. The lowest BCUT2D eigenvalue weighted by Gasteiger charge is -2.34. The number of hydrogen-bond donors (Lipinski definition) is 0. The Hall–Kier alpha value is -2.96. The lowest BCUT2D eigenvalue weighted by Crippen LogP contribution is -2.41. The molecule has 0 bridgehead atoms. The number of hydrogen-bond acceptors (Lipinski definition) is 5. The number of pyridine rings is 1. The maximum Gasteiger partial charge on any atom is 0.410 e. The first kappa shape index (κ1) is 18.1. The fourth-order valence-electron chi connectivity index (χ4n) is 4.17. The van der Waals surface area contributed by atoms with Gasteiger partial charge in [-0.05, 0) is 62.8 Å². The summed E-state index contributed by atoms with van der Waals surface area (Å²) in [6, 6.07) is 10.6. The second-order valence-corrected chi connectivity index (χ2v) is 8.03. The van der Waals surface area contributed by atoms with Crippen LogP contribution in [-0.2, 0) is 4.74 Å². The minimum absolute atomic E-state index is 0.136. The van der Waals surface area contributed by atoms with E-state index in [2.05, 4.69) is 39.6 Å². The van der Waals surface area contributed by atoms with Gasteiger partial charge in [-0.25, -0.2) is 9.48 Å². The zero-order chi connectivity index (χ0) is 19.8. The van der Waals surface area contributed by atoms with E-state index in [1.807, 2.05) is 28.8 Å². The van der Waals surface area contributed by atoms with Crippen LogP contribution < -0.4 is 0 Å². The van der Waals surface area contributed by atoms with E-state index in [1.165, 1.54) is 6.42 Å². The van der Waals surface area contributed by atoms with Crippen LogP contribution in [0.4, 0.5) is 4.79 Å². The standard InChI is InChI=1S/C22H25N5O2/c1-15-19(6-3-11-23-15)16-7-8-21-20(14-16)24-25-27(21)17-9-12-26(13-10-17)22(28)29-18-4-2-5-18/h3,6-8,11,14,17-18H,2,4-5,9-10,12-13H2,1H3. The van der Waals surface area contributed by atoms with Gasteiger partial charge in [-0.1, -0.05) is 17.3 Å². The SMILES string of the molecule is Cc1ncccc1-c1ccc2c(c1)nnn2C1CCN(C(=O)OC2CCC2)CC1. The van der Waals surface area contributed by atoms with Crippen molar-refractivity contribution in [3.8, 4) is 11.1 Å². The van der Waals surface area contributed by atoms with Crippen LogP contribution in [0, 0.1) is 6.92 Å². The van der Waals surface area contributed by atoms with Crippen LogP contribution in [0.2, 0.25) is 0 Å². The number of amides is 1. The molecule has 0 radical (unpaired) electrons. The van der Waals surface area contributed by atoms with Crippen LogP contribution in [-0.4, -0.2) is 50.2 Å². The van der Waals surface area contributed by atoms with Gasteiger partial charge in [-0.3, -0.25) is 4.98 Å². The van der Waals surface area contributed by atoms with Crippen molar-refractivity contribution in [3.05, 3.63) is 42.2 Å². The summed E-state index contributed by atoms with van der Waals surface area (Å²) in [5.41, 5.74) is 5.13. The van der Waals surface area contributed by atoms with Gasteiger partial charge >= 0.3 is 6.09 Å². The zero-order valence-electron chi connectivity index (χ0n) is 16.6. The maximum absolute atomic E-state index is 12.3. The Balaban J connectivity index is 1.30. The first-order chi connectivity index (χ1) is 14.2. The molecule has 2 aromatic heterocycles. The van der Waals surface area contributed by atoms with Gasteiger partial charge in [-0.15, -0.1) is 5.10 Å². The molecule has 1 aliphatic heterocycles. The van der Waals surface area contributed by atoms with Crippen molar-refractivity contribution in [3.63, 3.8) is 0 Å². The Morgan fingerprint density at radius 1 is 1.14 bits per heavy atom. The molecule has 1 amide bonds. The van der Waals surface area contributed by atoms with Crippen molar-refractivity contribution in [1.29, 1.82) is 0 Å². The molecular weight excluding hydrogens is 366 g/mol. The number of piperidine rings is 1. The van der Waals surface area contributed by atoms with Gasteiger partial charge in [0.05, 0.1) is 11.6 Å². The monoisotopic (exact) mass is 391 g/mol. The van der Waals surface area contributed by atoms with E-state index in [1.54, 1.807) is 0 Å². The topological polar surface area (TPSA) is 73.1 Å². The molecular formula is C22H25N5O2. The number of benzene rings is 1. The lowest BCUT2D eigenvalue weighted by molar-refractivity contribution is 0.0207. The number of nitrogens with zero attached hydrogens (tertiary/aromatic N) is 5. The van der Waals surface area contributed by atoms with Gasteiger partial charge in [0, 0.05) is 30.5 Å². The van der Waals surface area contributed by atoms with Crippen LogP contribution in [0.3, 0.4) is 0 Å². The van der Waals surface area contributed by atoms with Crippen LogP contribution in [0.15, 0.2) is 36.5 Å². The molecule has 2 aliphatic rings. The van der Waals surface area contributed by atoms with Gasteiger partial charge in [0.1, 0.15) is 11.6 Å². The number of aryl methyl sites for hydroxylation is 1. The van der Waals surface area contributed by atoms with Crippen molar-refractivity contribution < 1.29 is 9.53 Å². The van der Waals surface area contributed by atoms with Crippen LogP contribution >= 0.6 is 0 Å². The number of ether oxygens (including phenoxy) is 1. The Morgan fingerprint density at radius 2 is 1.97 bits per heavy atom. The second kappa shape index (κ2) is 7.46. The fourth-order valence-corrected chi connectivity index (χ4v) is 4.17. The Labute approximate surface area is 169 Å². The molecule has 0 N–H and O–H groups in total. The minimum atomic E-state index is -0.159. The number of carbonyl (C=O) groups is 1. The fraction of sp³-hybridized carbons (Fsp3) is 0.455. The quantitative estimate of drug-likeness (QED) is 0.671. The highest BCUT2D eigenvalue weighted by atomic mass is 16.6. The lowest BCUT2D eigenvalue weighted by atomic mass is 9.96. The molecule has 29 heavy (non-hydrogen) atoms. The molecule has 0 atom stereocenters. The Kier molecular flexibility index (Phi) is 4.66. The summed E-state index contributed by atoms with van der Waals surface area (Å²) in [6.45, 7) is 3.41. The summed E-state index contributed by atoms with van der Waals surface area (Å²) in [5.74, 6) is 0. The van der Waals surface area contributed by atoms with Gasteiger partial charge < -0.3 is 9.64 Å². The van der Waals surface area contributed by atoms with E-state index in [0.717, 1.165) is 53.5 Å². The number of carbonyl (C=O) groups excluding carboxylic acids is 1. The van der Waals surface area contributed by atoms with E-state index in [-0.39, 0.29) is 18.2 Å². The summed E-state index contributed by atoms with van der Waals surface area (Å²) in [7, 11) is 0. The molecule has 2 fully saturated rings. The third kappa shape index (κ3) is 3.45. The molecule has 1 aromatic carbocycles. The average Bonchev–Trinajstić information content (AvgIpc) is 3.14. The van der Waals surface area contributed by atoms with E-state index >= 15 is 0 Å². The Bertz CT molecular complexity index is 1030. The highest BCUT2D eigenvalue weighted by Crippen LogP contribution is 2.30. The summed E-state index contributed by atoms with van der Waals surface area (Å²) < 4.78 is 7.55. The van der Waals surface area contributed by atoms with Gasteiger partial charge in [0.2, 0.25) is 0 Å². The van der Waals surface area contributed by atoms with Crippen LogP contribution in [0.25, 0.3) is 22.2 Å². The van der Waals surface area contributed by atoms with E-state index in [4.69, 9.17) is 4.74 Å². The normalized spacial score (nSPS) is 18.0. The highest BCUT2D eigenvalue weighted by Gasteiger charge is 2.29. The number of aromatic nitrogens is 4. The van der Waals surface area contributed by atoms with Crippen molar-refractivity contribution in [2.24, 2.45) is 0 Å². The van der Waals surface area contributed by atoms with Crippen molar-refractivity contribution >= 4 is 17.1 Å². The van der Waals surface area contributed by atoms with E-state index in [0.29, 0.717) is 13.1 Å². The third-order valence-corrected chi connectivity index (χ3v) is 6.18. The molecule has 3 aromatic rings. The van der Waals surface area contributed by atoms with Crippen molar-refractivity contribution in [2.45, 2.75) is 51.2 Å². The van der Waals surface area contributed by atoms with Crippen molar-refractivity contribution in [1.82, 2.24) is 24.9 Å². The van der Waals surface area contributed by atoms with Crippen LogP contribution in [0.5, 0.6) is 0 Å². The summed E-state index contributed by atoms with van der Waals surface area (Å²) in [6.07, 6.45) is 6.69. The summed E-state index contributed by atoms with van der Waals surface area (Å²) in [5, 5.41) is 8.84. The number of rotatable bonds is 3. The predicted molar refractivity (Wildman–Crippen MR) is 109 cm³/mol. The molecule has 3 heterocycles. The molecule has 7 heteroatoms. The molecule has 0 spiro atoms. The number of fused-ring (bicyclic) bond motifs is 1. The van der Waals surface area contributed by atoms with E-state index < -0.39 is 0 Å². The molecule has 7 nitrogen and oxygen atoms in total. The van der Waals surface area contributed by atoms with E-state index in [9.17, 15) is 4.79 Å². The first-order valence-electron chi connectivity index (χ1n) is 10.4. The average molecular weight is 391 g/mol. The van der Waals surface area contributed by atoms with Crippen LogP contribution in [0.1, 0.15) is 43.8 Å². The molecule has 1 saturated carbocycles. The summed E-state index contributed by atoms with van der Waals surface area (Å²) in [4.78, 5) is 18.5. The highest BCUT2D eigenvalue weighted by molar-refractivity contribution is 5.82. The molecule has 1 aliphatic carbocycles. The molecule has 5 rings (SSSR count). The van der Waals surface area contributed by atoms with Gasteiger partial charge in [-0.2, -0.15) is 0 Å². The minimum Gasteiger partial charge on any atom is -0.446 e. The maximum atomic E-state index is 12.3. The molecule has 1 saturated heterocycles. The second-order valence-electron chi connectivity index (χ2n) is 8.03. The third-order valence-electron chi connectivity index (χ3n) is 6.18. The van der Waals surface area contributed by atoms with Gasteiger partial charge in [0.15, 0.2) is 0 Å². The van der Waals surface area contributed by atoms with Crippen molar-refractivity contribution in [2.75, 3.05) is 13.1 Å². The number of likely N-dealkylation sites (tertiary alicyclic amines) is 1. The summed E-state index contributed by atoms with van der Waals surface area (Å²) >= 11 is 0. The molecule has 150 valence electrons. The Morgan fingerprint density at radius 3 is 2.69 bits per heavy atom. The first-order valence-corrected chi connectivity index (χ1v) is 10.4. The largest absolute Gasteiger partial charge is 0.446 e.